The molecule has 0 aliphatic heterocycles. The number of hydrogen-bond donors (Lipinski definition) is 1. The number of rotatable bonds is 4. The van der Waals surface area contributed by atoms with Crippen LogP contribution in [0.15, 0.2) is 54.9 Å². The molecule has 5 heteroatoms. The van der Waals surface area contributed by atoms with E-state index in [9.17, 15) is 14.7 Å². The van der Waals surface area contributed by atoms with Gasteiger partial charge in [0.2, 0.25) is 5.78 Å². The van der Waals surface area contributed by atoms with Crippen LogP contribution in [0.2, 0.25) is 0 Å². The fraction of sp³-hybridized carbons (Fsp3) is 0.0667. The number of ether oxygens (including phenoxy) is 1. The molecule has 0 saturated heterocycles. The first-order valence-corrected chi connectivity index (χ1v) is 5.89. The summed E-state index contributed by atoms with van der Waals surface area (Å²) in [7, 11) is 1.20. The fourth-order valence-electron chi connectivity index (χ4n) is 1.83. The molecule has 1 N–H and O–H groups in total. The summed E-state index contributed by atoms with van der Waals surface area (Å²) < 4.78 is 5.86. The van der Waals surface area contributed by atoms with Gasteiger partial charge >= 0.3 is 5.97 Å². The zero-order valence-corrected chi connectivity index (χ0v) is 10.8. The Labute approximate surface area is 115 Å². The Morgan fingerprint density at radius 3 is 2.45 bits per heavy atom. The number of aromatic nitrogens is 1. The van der Waals surface area contributed by atoms with Gasteiger partial charge in [0, 0.05) is 11.8 Å². The molecule has 0 amide bonds. The van der Waals surface area contributed by atoms with Gasteiger partial charge in [-0.15, -0.1) is 0 Å². The predicted molar refractivity (Wildman–Crippen MR) is 73.2 cm³/mol. The third-order valence-electron chi connectivity index (χ3n) is 2.79. The summed E-state index contributed by atoms with van der Waals surface area (Å²) in [6, 6.07) is 11.9. The van der Waals surface area contributed by atoms with Gasteiger partial charge < -0.3 is 14.4 Å². The Balaban J connectivity index is 2.44. The monoisotopic (exact) mass is 271 g/mol. The molecule has 0 atom stereocenters. The summed E-state index contributed by atoms with van der Waals surface area (Å²) in [5.74, 6) is -0.982. The number of aliphatic hydroxyl groups is 1. The summed E-state index contributed by atoms with van der Waals surface area (Å²) in [5.41, 5.74) is 0.633. The van der Waals surface area contributed by atoms with Gasteiger partial charge in [0.25, 0.3) is 0 Å². The molecule has 2 aromatic rings. The SMILES string of the molecule is COC(=O)/C(=C/O)n1cccc1C(=O)c1ccccc1. The molecular weight excluding hydrogens is 258 g/mol. The van der Waals surface area contributed by atoms with Crippen LogP contribution in [0, 0.1) is 0 Å². The van der Waals surface area contributed by atoms with Crippen molar-refractivity contribution in [2.45, 2.75) is 0 Å². The number of benzene rings is 1. The largest absolute Gasteiger partial charge is 0.513 e. The first-order valence-electron chi connectivity index (χ1n) is 5.89. The van der Waals surface area contributed by atoms with E-state index in [4.69, 9.17) is 0 Å². The lowest BCUT2D eigenvalue weighted by atomic mass is 10.1. The molecule has 1 aromatic heterocycles. The molecule has 0 aliphatic carbocycles. The third kappa shape index (κ3) is 2.47. The van der Waals surface area contributed by atoms with E-state index in [0.29, 0.717) is 11.8 Å². The standard InChI is InChI=1S/C15H13NO4/c1-20-15(19)13(10-17)16-9-5-8-12(16)14(18)11-6-3-2-4-7-11/h2-10,17H,1H3/b13-10-. The van der Waals surface area contributed by atoms with Gasteiger partial charge in [-0.1, -0.05) is 30.3 Å². The molecule has 1 heterocycles. The van der Waals surface area contributed by atoms with Gasteiger partial charge in [0.05, 0.1) is 12.8 Å². The Hall–Kier alpha value is -2.82. The minimum atomic E-state index is -0.731. The number of carbonyl (C=O) groups is 2. The van der Waals surface area contributed by atoms with Crippen LogP contribution >= 0.6 is 0 Å². The molecule has 0 aliphatic rings. The molecule has 0 fully saturated rings. The summed E-state index contributed by atoms with van der Waals surface area (Å²) in [5, 5.41) is 9.18. The number of methoxy groups -OCH3 is 1. The third-order valence-corrected chi connectivity index (χ3v) is 2.79. The van der Waals surface area contributed by atoms with Crippen LogP contribution in [0.5, 0.6) is 0 Å². The first-order chi connectivity index (χ1) is 9.69. The van der Waals surface area contributed by atoms with Crippen LogP contribution in [-0.4, -0.2) is 28.5 Å². The smallest absolute Gasteiger partial charge is 0.358 e. The highest BCUT2D eigenvalue weighted by atomic mass is 16.5. The van der Waals surface area contributed by atoms with Gasteiger partial charge in [-0.05, 0) is 12.1 Å². The maximum absolute atomic E-state index is 12.4. The van der Waals surface area contributed by atoms with Crippen LogP contribution in [0.3, 0.4) is 0 Å². The maximum atomic E-state index is 12.4. The van der Waals surface area contributed by atoms with E-state index in [1.165, 1.54) is 17.9 Å². The average molecular weight is 271 g/mol. The predicted octanol–water partition coefficient (Wildman–Crippen LogP) is 2.25. The van der Waals surface area contributed by atoms with E-state index in [1.807, 2.05) is 6.07 Å². The molecule has 2 rings (SSSR count). The molecule has 102 valence electrons. The van der Waals surface area contributed by atoms with Gasteiger partial charge in [0.15, 0.2) is 5.70 Å². The molecule has 1 aromatic carbocycles. The van der Waals surface area contributed by atoms with Crippen LogP contribution in [-0.2, 0) is 9.53 Å². The Morgan fingerprint density at radius 1 is 1.15 bits per heavy atom. The molecule has 0 saturated carbocycles. The molecule has 0 radical (unpaired) electrons. The highest BCUT2D eigenvalue weighted by Gasteiger charge is 2.19. The number of esters is 1. The van der Waals surface area contributed by atoms with Crippen molar-refractivity contribution in [3.05, 3.63) is 66.2 Å². The zero-order chi connectivity index (χ0) is 14.5. The molecule has 5 nitrogen and oxygen atoms in total. The van der Waals surface area contributed by atoms with E-state index in [1.54, 1.807) is 36.4 Å². The fourth-order valence-corrected chi connectivity index (χ4v) is 1.83. The summed E-state index contributed by atoms with van der Waals surface area (Å²) >= 11 is 0. The van der Waals surface area contributed by atoms with E-state index in [0.717, 1.165) is 0 Å². The molecule has 20 heavy (non-hydrogen) atoms. The zero-order valence-electron chi connectivity index (χ0n) is 10.8. The van der Waals surface area contributed by atoms with Gasteiger partial charge in [0.1, 0.15) is 6.26 Å². The second-order valence-corrected chi connectivity index (χ2v) is 3.96. The normalized spacial score (nSPS) is 11.2. The maximum Gasteiger partial charge on any atom is 0.358 e. The summed E-state index contributed by atoms with van der Waals surface area (Å²) in [6.45, 7) is 0. The highest BCUT2D eigenvalue weighted by molar-refractivity contribution is 6.14. The van der Waals surface area contributed by atoms with Crippen molar-refractivity contribution in [1.29, 1.82) is 0 Å². The van der Waals surface area contributed by atoms with Crippen molar-refractivity contribution in [2.75, 3.05) is 7.11 Å². The summed E-state index contributed by atoms with van der Waals surface area (Å²) in [4.78, 5) is 23.9. The van der Waals surface area contributed by atoms with Crippen LogP contribution in [0.25, 0.3) is 5.70 Å². The number of nitrogens with zero attached hydrogens (tertiary/aromatic N) is 1. The highest BCUT2D eigenvalue weighted by Crippen LogP contribution is 2.16. The quantitative estimate of drug-likeness (QED) is 0.401. The number of ketones is 1. The van der Waals surface area contributed by atoms with Crippen molar-refractivity contribution in [2.24, 2.45) is 0 Å². The Bertz CT molecular complexity index is 656. The second kappa shape index (κ2) is 5.88. The molecular formula is C15H13NO4. The minimum absolute atomic E-state index is 0.128. The number of hydrogen-bond acceptors (Lipinski definition) is 4. The van der Waals surface area contributed by atoms with Gasteiger partial charge in [-0.2, -0.15) is 0 Å². The summed E-state index contributed by atoms with van der Waals surface area (Å²) in [6.07, 6.45) is 2.13. The number of carbonyl (C=O) groups excluding carboxylic acids is 2. The first kappa shape index (κ1) is 13.6. The minimum Gasteiger partial charge on any atom is -0.513 e. The van der Waals surface area contributed by atoms with E-state index in [2.05, 4.69) is 4.74 Å². The van der Waals surface area contributed by atoms with Crippen LogP contribution < -0.4 is 0 Å². The molecule has 0 bridgehead atoms. The topological polar surface area (TPSA) is 68.5 Å². The molecule has 0 spiro atoms. The average Bonchev–Trinajstić information content (AvgIpc) is 2.97. The lowest BCUT2D eigenvalue weighted by molar-refractivity contribution is -0.134. The van der Waals surface area contributed by atoms with Crippen LogP contribution in [0.4, 0.5) is 0 Å². The van der Waals surface area contributed by atoms with Crippen molar-refractivity contribution < 1.29 is 19.4 Å². The van der Waals surface area contributed by atoms with Crippen molar-refractivity contribution >= 4 is 17.4 Å². The lowest BCUT2D eigenvalue weighted by Crippen LogP contribution is -2.15. The van der Waals surface area contributed by atoms with E-state index < -0.39 is 5.97 Å². The van der Waals surface area contributed by atoms with E-state index in [-0.39, 0.29) is 17.2 Å². The number of aliphatic hydroxyl groups excluding tert-OH is 1. The van der Waals surface area contributed by atoms with Crippen LogP contribution in [0.1, 0.15) is 16.1 Å². The lowest BCUT2D eigenvalue weighted by Gasteiger charge is -2.09. The van der Waals surface area contributed by atoms with Crippen molar-refractivity contribution in [1.82, 2.24) is 4.57 Å². The molecule has 0 unspecified atom stereocenters. The van der Waals surface area contributed by atoms with Crippen molar-refractivity contribution in [3.63, 3.8) is 0 Å². The van der Waals surface area contributed by atoms with Gasteiger partial charge in [-0.25, -0.2) is 4.79 Å². The van der Waals surface area contributed by atoms with Gasteiger partial charge in [-0.3, -0.25) is 4.79 Å². The Morgan fingerprint density at radius 2 is 1.85 bits per heavy atom. The van der Waals surface area contributed by atoms with E-state index >= 15 is 0 Å². The second-order valence-electron chi connectivity index (χ2n) is 3.96. The van der Waals surface area contributed by atoms with Crippen molar-refractivity contribution in [3.8, 4) is 0 Å². The Kier molecular flexibility index (Phi) is 4.00.